The number of hydrogen-bond acceptors (Lipinski definition) is 3. The van der Waals surface area contributed by atoms with Crippen LogP contribution >= 0.6 is 31.9 Å². The van der Waals surface area contributed by atoms with E-state index in [-0.39, 0.29) is 5.69 Å². The Morgan fingerprint density at radius 3 is 2.53 bits per heavy atom. The van der Waals surface area contributed by atoms with Crippen LogP contribution in [-0.2, 0) is 4.79 Å². The third-order valence-corrected chi connectivity index (χ3v) is 3.57. The molecule has 0 spiro atoms. The molecule has 0 atom stereocenters. The summed E-state index contributed by atoms with van der Waals surface area (Å²) in [4.78, 5) is 26.7. The van der Waals surface area contributed by atoms with Gasteiger partial charge >= 0.3 is 5.97 Å². The van der Waals surface area contributed by atoms with Gasteiger partial charge in [0.25, 0.3) is 5.91 Å². The first-order valence-electron chi connectivity index (χ1n) is 4.81. The van der Waals surface area contributed by atoms with E-state index in [1.807, 2.05) is 0 Å². The zero-order chi connectivity index (χ0) is 12.6. The molecule has 1 saturated carbocycles. The molecule has 0 aliphatic heterocycles. The van der Waals surface area contributed by atoms with E-state index in [1.54, 1.807) is 6.07 Å². The molecule has 7 heteroatoms. The highest BCUT2D eigenvalue weighted by Crippen LogP contribution is 2.36. The van der Waals surface area contributed by atoms with Crippen molar-refractivity contribution in [3.8, 4) is 0 Å². The zero-order valence-electron chi connectivity index (χ0n) is 8.54. The van der Waals surface area contributed by atoms with Gasteiger partial charge in [-0.05, 0) is 50.8 Å². The third-order valence-electron chi connectivity index (χ3n) is 2.54. The van der Waals surface area contributed by atoms with E-state index in [0.717, 1.165) is 4.47 Å². The molecule has 2 N–H and O–H groups in total. The van der Waals surface area contributed by atoms with Crippen LogP contribution in [0.1, 0.15) is 23.3 Å². The molecule has 1 fully saturated rings. The number of carboxylic acid groups (broad SMARTS) is 1. The molecule has 0 radical (unpaired) electrons. The highest BCUT2D eigenvalue weighted by Gasteiger charge is 2.51. The van der Waals surface area contributed by atoms with Crippen molar-refractivity contribution in [3.05, 3.63) is 26.9 Å². The highest BCUT2D eigenvalue weighted by atomic mass is 79.9. The van der Waals surface area contributed by atoms with Crippen molar-refractivity contribution >= 4 is 43.7 Å². The number of hydrogen-bond donors (Lipinski definition) is 2. The molecule has 0 saturated heterocycles. The molecule has 17 heavy (non-hydrogen) atoms. The summed E-state index contributed by atoms with van der Waals surface area (Å²) in [5.74, 6) is -1.48. The van der Waals surface area contributed by atoms with Crippen molar-refractivity contribution in [1.82, 2.24) is 10.3 Å². The van der Waals surface area contributed by atoms with Crippen LogP contribution in [0, 0.1) is 0 Å². The van der Waals surface area contributed by atoms with E-state index < -0.39 is 17.4 Å². The van der Waals surface area contributed by atoms with Crippen molar-refractivity contribution in [2.45, 2.75) is 18.4 Å². The number of carbonyl (C=O) groups is 2. The molecule has 90 valence electrons. The molecular formula is C10H8Br2N2O3. The van der Waals surface area contributed by atoms with Crippen molar-refractivity contribution in [2.24, 2.45) is 0 Å². The van der Waals surface area contributed by atoms with Crippen molar-refractivity contribution in [2.75, 3.05) is 0 Å². The minimum absolute atomic E-state index is 0.181. The molecule has 1 amide bonds. The fourth-order valence-corrected chi connectivity index (χ4v) is 2.54. The van der Waals surface area contributed by atoms with Gasteiger partial charge in [0, 0.05) is 10.7 Å². The van der Waals surface area contributed by atoms with E-state index in [4.69, 9.17) is 5.11 Å². The average molecular weight is 364 g/mol. The lowest BCUT2D eigenvalue weighted by atomic mass is 10.2. The number of pyridine rings is 1. The van der Waals surface area contributed by atoms with E-state index in [9.17, 15) is 9.59 Å². The van der Waals surface area contributed by atoms with E-state index in [1.165, 1.54) is 6.20 Å². The molecule has 1 aromatic rings. The fourth-order valence-electron chi connectivity index (χ4n) is 1.38. The number of aromatic nitrogens is 1. The Balaban J connectivity index is 2.18. The lowest BCUT2D eigenvalue weighted by molar-refractivity contribution is -0.140. The second-order valence-corrected chi connectivity index (χ2v) is 5.60. The molecule has 1 aromatic heterocycles. The summed E-state index contributed by atoms with van der Waals surface area (Å²) in [7, 11) is 0. The number of nitrogens with one attached hydrogen (secondary N) is 1. The van der Waals surface area contributed by atoms with Gasteiger partial charge in [-0.1, -0.05) is 0 Å². The summed E-state index contributed by atoms with van der Waals surface area (Å²) in [5.41, 5.74) is -0.911. The molecule has 0 aromatic carbocycles. The Morgan fingerprint density at radius 2 is 2.06 bits per heavy atom. The van der Waals surface area contributed by atoms with Crippen LogP contribution in [0.4, 0.5) is 0 Å². The topological polar surface area (TPSA) is 79.3 Å². The summed E-state index contributed by atoms with van der Waals surface area (Å²) < 4.78 is 1.26. The summed E-state index contributed by atoms with van der Waals surface area (Å²) >= 11 is 6.44. The normalized spacial score (nSPS) is 16.4. The summed E-state index contributed by atoms with van der Waals surface area (Å²) in [6.07, 6.45) is 2.41. The van der Waals surface area contributed by atoms with Crippen LogP contribution in [0.25, 0.3) is 0 Å². The number of halogens is 2. The Morgan fingerprint density at radius 1 is 1.41 bits per heavy atom. The first kappa shape index (κ1) is 12.5. The average Bonchev–Trinajstić information content (AvgIpc) is 2.98. The van der Waals surface area contributed by atoms with Crippen LogP contribution in [0.5, 0.6) is 0 Å². The van der Waals surface area contributed by atoms with Crippen molar-refractivity contribution in [1.29, 1.82) is 0 Å². The molecule has 5 nitrogen and oxygen atoms in total. The largest absolute Gasteiger partial charge is 0.480 e. The SMILES string of the molecule is O=C(NC1(C(=O)O)CC1)c1ncc(Br)cc1Br. The Bertz CT molecular complexity index is 500. The van der Waals surface area contributed by atoms with Crippen LogP contribution in [0.15, 0.2) is 21.2 Å². The van der Waals surface area contributed by atoms with Gasteiger partial charge in [0.1, 0.15) is 11.2 Å². The van der Waals surface area contributed by atoms with Crippen molar-refractivity contribution < 1.29 is 14.7 Å². The van der Waals surface area contributed by atoms with Crippen LogP contribution in [0.3, 0.4) is 0 Å². The Hall–Kier alpha value is -0.950. The molecule has 0 unspecified atom stereocenters. The maximum absolute atomic E-state index is 11.9. The van der Waals surface area contributed by atoms with Gasteiger partial charge < -0.3 is 10.4 Å². The minimum Gasteiger partial charge on any atom is -0.480 e. The zero-order valence-corrected chi connectivity index (χ0v) is 11.7. The number of aliphatic carboxylic acids is 1. The smallest absolute Gasteiger partial charge is 0.329 e. The van der Waals surface area contributed by atoms with Crippen molar-refractivity contribution in [3.63, 3.8) is 0 Å². The first-order valence-corrected chi connectivity index (χ1v) is 6.40. The number of rotatable bonds is 3. The Labute approximate surface area is 114 Å². The second-order valence-electron chi connectivity index (χ2n) is 3.83. The van der Waals surface area contributed by atoms with E-state index in [2.05, 4.69) is 42.2 Å². The van der Waals surface area contributed by atoms with Gasteiger partial charge in [0.05, 0.1) is 4.47 Å². The summed E-state index contributed by atoms with van der Waals surface area (Å²) in [6.45, 7) is 0. The van der Waals surface area contributed by atoms with Gasteiger partial charge in [-0.25, -0.2) is 9.78 Å². The monoisotopic (exact) mass is 362 g/mol. The molecular weight excluding hydrogens is 356 g/mol. The number of amides is 1. The third kappa shape index (κ3) is 2.50. The minimum atomic E-state index is -1.09. The van der Waals surface area contributed by atoms with E-state index >= 15 is 0 Å². The van der Waals surface area contributed by atoms with Gasteiger partial charge in [0.2, 0.25) is 0 Å². The fraction of sp³-hybridized carbons (Fsp3) is 0.300. The van der Waals surface area contributed by atoms with Crippen LogP contribution < -0.4 is 5.32 Å². The van der Waals surface area contributed by atoms with Gasteiger partial charge in [-0.3, -0.25) is 4.79 Å². The highest BCUT2D eigenvalue weighted by molar-refractivity contribution is 9.11. The summed E-state index contributed by atoms with van der Waals surface area (Å²) in [6, 6.07) is 1.68. The van der Waals surface area contributed by atoms with Gasteiger partial charge in [0.15, 0.2) is 0 Å². The molecule has 2 rings (SSSR count). The predicted octanol–water partition coefficient (Wildman–Crippen LogP) is 1.95. The molecule has 1 aliphatic rings. The Kier molecular flexibility index (Phi) is 3.22. The molecule has 1 heterocycles. The standard InChI is InChI=1S/C10H8Br2N2O3/c11-5-3-6(12)7(13-4-5)8(15)14-10(1-2-10)9(16)17/h3-4H,1-2H2,(H,14,15)(H,16,17). The maximum atomic E-state index is 11.9. The molecule has 1 aliphatic carbocycles. The van der Waals surface area contributed by atoms with Gasteiger partial charge in [-0.2, -0.15) is 0 Å². The quantitative estimate of drug-likeness (QED) is 0.860. The van der Waals surface area contributed by atoms with Crippen LogP contribution in [-0.4, -0.2) is 27.5 Å². The molecule has 0 bridgehead atoms. The predicted molar refractivity (Wildman–Crippen MR) is 66.7 cm³/mol. The number of carbonyl (C=O) groups excluding carboxylic acids is 1. The first-order chi connectivity index (χ1) is 7.94. The lowest BCUT2D eigenvalue weighted by Crippen LogP contribution is -2.43. The van der Waals surface area contributed by atoms with E-state index in [0.29, 0.717) is 17.3 Å². The van der Waals surface area contributed by atoms with Gasteiger partial charge in [-0.15, -0.1) is 0 Å². The number of carboxylic acids is 1. The second kappa shape index (κ2) is 4.38. The summed E-state index contributed by atoms with van der Waals surface area (Å²) in [5, 5.41) is 11.5. The maximum Gasteiger partial charge on any atom is 0.329 e. The van der Waals surface area contributed by atoms with Crippen LogP contribution in [0.2, 0.25) is 0 Å². The lowest BCUT2D eigenvalue weighted by Gasteiger charge is -2.12. The number of nitrogens with zero attached hydrogens (tertiary/aromatic N) is 1.